The van der Waals surface area contributed by atoms with Crippen molar-refractivity contribution in [1.29, 1.82) is 0 Å². The number of carbonyl (C=O) groups is 1. The molecule has 0 unspecified atom stereocenters. The van der Waals surface area contributed by atoms with E-state index in [1.54, 1.807) is 0 Å². The Balaban J connectivity index is 2.18. The molecule has 14 heavy (non-hydrogen) atoms. The molecule has 5 nitrogen and oxygen atoms in total. The monoisotopic (exact) mass is 194 g/mol. The first-order valence-electron chi connectivity index (χ1n) is 4.81. The molecule has 5 heteroatoms. The number of fused-ring (bicyclic) bond motifs is 1. The quantitative estimate of drug-likeness (QED) is 0.677. The third-order valence-electron chi connectivity index (χ3n) is 2.20. The Morgan fingerprint density at radius 1 is 1.71 bits per heavy atom. The minimum Gasteiger partial charge on any atom is -0.311 e. The van der Waals surface area contributed by atoms with E-state index in [4.69, 9.17) is 0 Å². The number of carbonyl (C=O) groups excluding carboxylic acids is 1. The van der Waals surface area contributed by atoms with Gasteiger partial charge in [-0.15, -0.1) is 0 Å². The Morgan fingerprint density at radius 2 is 2.57 bits per heavy atom. The largest absolute Gasteiger partial charge is 0.311 e. The number of aryl methyl sites for hydroxylation is 1. The summed E-state index contributed by atoms with van der Waals surface area (Å²) >= 11 is 0. The normalized spacial score (nSPS) is 15.8. The Bertz CT molecular complexity index is 321. The first-order chi connectivity index (χ1) is 6.75. The average molecular weight is 194 g/mol. The number of hydrogen-bond acceptors (Lipinski definition) is 3. The lowest BCUT2D eigenvalue weighted by Crippen LogP contribution is -2.12. The van der Waals surface area contributed by atoms with E-state index in [1.165, 1.54) is 6.92 Å². The van der Waals surface area contributed by atoms with Gasteiger partial charge in [-0.05, 0) is 13.0 Å². The SMILES string of the molecule is CC(=O)Nc1cc2n(n1)CCCNC2. The van der Waals surface area contributed by atoms with Crippen LogP contribution in [0.4, 0.5) is 5.82 Å². The van der Waals surface area contributed by atoms with Crippen molar-refractivity contribution in [2.24, 2.45) is 0 Å². The molecule has 1 amide bonds. The van der Waals surface area contributed by atoms with Gasteiger partial charge >= 0.3 is 0 Å². The molecule has 0 saturated carbocycles. The molecule has 0 aromatic carbocycles. The minimum absolute atomic E-state index is 0.0776. The molecule has 0 saturated heterocycles. The van der Waals surface area contributed by atoms with Gasteiger partial charge < -0.3 is 10.6 Å². The van der Waals surface area contributed by atoms with Crippen LogP contribution in [0.3, 0.4) is 0 Å². The number of rotatable bonds is 1. The van der Waals surface area contributed by atoms with Gasteiger partial charge in [0.05, 0.1) is 5.69 Å². The first kappa shape index (κ1) is 9.21. The van der Waals surface area contributed by atoms with Gasteiger partial charge in [-0.1, -0.05) is 0 Å². The summed E-state index contributed by atoms with van der Waals surface area (Å²) in [5, 5.41) is 10.3. The summed E-state index contributed by atoms with van der Waals surface area (Å²) in [6.45, 7) is 4.26. The molecule has 1 aliphatic rings. The van der Waals surface area contributed by atoms with Crippen LogP contribution >= 0.6 is 0 Å². The predicted molar refractivity (Wildman–Crippen MR) is 52.9 cm³/mol. The van der Waals surface area contributed by atoms with E-state index in [1.807, 2.05) is 10.7 Å². The number of aromatic nitrogens is 2. The molecule has 1 aromatic heterocycles. The molecule has 0 fully saturated rings. The Kier molecular flexibility index (Phi) is 2.49. The summed E-state index contributed by atoms with van der Waals surface area (Å²) in [5.41, 5.74) is 1.13. The Labute approximate surface area is 82.5 Å². The zero-order chi connectivity index (χ0) is 9.97. The fourth-order valence-corrected chi connectivity index (χ4v) is 1.60. The van der Waals surface area contributed by atoms with Gasteiger partial charge in [-0.2, -0.15) is 5.10 Å². The van der Waals surface area contributed by atoms with Gasteiger partial charge in [0.15, 0.2) is 5.82 Å². The van der Waals surface area contributed by atoms with Crippen molar-refractivity contribution >= 4 is 11.7 Å². The third kappa shape index (κ3) is 1.93. The summed E-state index contributed by atoms with van der Waals surface area (Å²) < 4.78 is 1.95. The van der Waals surface area contributed by atoms with Crippen molar-refractivity contribution in [2.75, 3.05) is 11.9 Å². The summed E-state index contributed by atoms with van der Waals surface area (Å²) in [7, 11) is 0. The zero-order valence-electron chi connectivity index (χ0n) is 8.21. The maximum atomic E-state index is 10.8. The van der Waals surface area contributed by atoms with Crippen LogP contribution < -0.4 is 10.6 Å². The number of nitrogens with one attached hydrogen (secondary N) is 2. The molecule has 0 bridgehead atoms. The second kappa shape index (κ2) is 3.79. The Morgan fingerprint density at radius 3 is 3.36 bits per heavy atom. The fraction of sp³-hybridized carbons (Fsp3) is 0.556. The summed E-state index contributed by atoms with van der Waals surface area (Å²) in [6.07, 6.45) is 1.08. The van der Waals surface area contributed by atoms with Crippen LogP contribution in [0.1, 0.15) is 19.0 Å². The average Bonchev–Trinajstić information content (AvgIpc) is 2.34. The number of amides is 1. The molecule has 1 aliphatic heterocycles. The lowest BCUT2D eigenvalue weighted by molar-refractivity contribution is -0.114. The van der Waals surface area contributed by atoms with Gasteiger partial charge in [0, 0.05) is 26.1 Å². The number of anilines is 1. The second-order valence-corrected chi connectivity index (χ2v) is 3.46. The van der Waals surface area contributed by atoms with E-state index < -0.39 is 0 Å². The number of nitrogens with zero attached hydrogens (tertiary/aromatic N) is 2. The molecule has 0 atom stereocenters. The van der Waals surface area contributed by atoms with Crippen molar-refractivity contribution in [2.45, 2.75) is 26.4 Å². The second-order valence-electron chi connectivity index (χ2n) is 3.46. The molecule has 0 aliphatic carbocycles. The van der Waals surface area contributed by atoms with Gasteiger partial charge in [0.25, 0.3) is 0 Å². The van der Waals surface area contributed by atoms with Crippen molar-refractivity contribution in [3.63, 3.8) is 0 Å². The van der Waals surface area contributed by atoms with Crippen molar-refractivity contribution in [3.05, 3.63) is 11.8 Å². The fourth-order valence-electron chi connectivity index (χ4n) is 1.60. The first-order valence-corrected chi connectivity index (χ1v) is 4.81. The summed E-state index contributed by atoms with van der Waals surface area (Å²) in [6, 6.07) is 1.92. The van der Waals surface area contributed by atoms with Crippen LogP contribution in [-0.2, 0) is 17.9 Å². The van der Waals surface area contributed by atoms with Crippen LogP contribution in [0.25, 0.3) is 0 Å². The van der Waals surface area contributed by atoms with Crippen LogP contribution in [0.2, 0.25) is 0 Å². The smallest absolute Gasteiger partial charge is 0.222 e. The molecule has 0 spiro atoms. The van der Waals surface area contributed by atoms with Crippen molar-refractivity contribution in [3.8, 4) is 0 Å². The maximum absolute atomic E-state index is 10.8. The minimum atomic E-state index is -0.0776. The lowest BCUT2D eigenvalue weighted by atomic mass is 10.4. The van der Waals surface area contributed by atoms with E-state index in [0.717, 1.165) is 31.7 Å². The molecule has 76 valence electrons. The van der Waals surface area contributed by atoms with Crippen LogP contribution in [0, 0.1) is 0 Å². The maximum Gasteiger partial charge on any atom is 0.222 e. The summed E-state index contributed by atoms with van der Waals surface area (Å²) in [5.74, 6) is 0.572. The molecular formula is C9H14N4O. The number of hydrogen-bond donors (Lipinski definition) is 2. The van der Waals surface area contributed by atoms with Crippen LogP contribution in [0.15, 0.2) is 6.07 Å². The Hall–Kier alpha value is -1.36. The topological polar surface area (TPSA) is 59.0 Å². The van der Waals surface area contributed by atoms with Gasteiger partial charge in [-0.25, -0.2) is 0 Å². The molecule has 1 aromatic rings. The predicted octanol–water partition coefficient (Wildman–Crippen LogP) is 0.335. The highest BCUT2D eigenvalue weighted by Gasteiger charge is 2.10. The molecule has 2 rings (SSSR count). The molecule has 2 N–H and O–H groups in total. The van der Waals surface area contributed by atoms with Gasteiger partial charge in [0.1, 0.15) is 0 Å². The molecule has 2 heterocycles. The lowest BCUT2D eigenvalue weighted by Gasteiger charge is -1.99. The van der Waals surface area contributed by atoms with E-state index in [-0.39, 0.29) is 5.91 Å². The highest BCUT2D eigenvalue weighted by Crippen LogP contribution is 2.11. The van der Waals surface area contributed by atoms with E-state index in [9.17, 15) is 4.79 Å². The standard InChI is InChI=1S/C9H14N4O/c1-7(14)11-9-5-8-6-10-3-2-4-13(8)12-9/h5,10H,2-4,6H2,1H3,(H,11,12,14). The van der Waals surface area contributed by atoms with E-state index >= 15 is 0 Å². The molecular weight excluding hydrogens is 180 g/mol. The van der Waals surface area contributed by atoms with Gasteiger partial charge in [-0.3, -0.25) is 9.48 Å². The van der Waals surface area contributed by atoms with Crippen molar-refractivity contribution in [1.82, 2.24) is 15.1 Å². The van der Waals surface area contributed by atoms with E-state index in [0.29, 0.717) is 5.82 Å². The van der Waals surface area contributed by atoms with E-state index in [2.05, 4.69) is 15.7 Å². The van der Waals surface area contributed by atoms with Crippen molar-refractivity contribution < 1.29 is 4.79 Å². The van der Waals surface area contributed by atoms with Gasteiger partial charge in [0.2, 0.25) is 5.91 Å². The van der Waals surface area contributed by atoms with Crippen LogP contribution in [0.5, 0.6) is 0 Å². The molecule has 0 radical (unpaired) electrons. The zero-order valence-corrected chi connectivity index (χ0v) is 8.21. The third-order valence-corrected chi connectivity index (χ3v) is 2.20. The summed E-state index contributed by atoms with van der Waals surface area (Å²) in [4.78, 5) is 10.8. The van der Waals surface area contributed by atoms with Crippen LogP contribution in [-0.4, -0.2) is 22.2 Å². The highest BCUT2D eigenvalue weighted by atomic mass is 16.1. The highest BCUT2D eigenvalue weighted by molar-refractivity contribution is 5.87.